The summed E-state index contributed by atoms with van der Waals surface area (Å²) in [6.07, 6.45) is 0. The molecule has 1 aromatic heterocycles. The van der Waals surface area contributed by atoms with Gasteiger partial charge in [0.25, 0.3) is 10.0 Å². The van der Waals surface area contributed by atoms with Gasteiger partial charge >= 0.3 is 0 Å². The van der Waals surface area contributed by atoms with Crippen LogP contribution >= 0.6 is 0 Å². The fourth-order valence-corrected chi connectivity index (χ4v) is 3.23. The SMILES string of the molecule is Cc1n[nH]c(C)c1S(=O)(=O)Nc1cc(N)cc(F)c1. The molecule has 2 aromatic rings. The Morgan fingerprint density at radius 2 is 2.00 bits per heavy atom. The average molecular weight is 284 g/mol. The van der Waals surface area contributed by atoms with Gasteiger partial charge < -0.3 is 5.73 Å². The Kier molecular flexibility index (Phi) is 3.19. The van der Waals surface area contributed by atoms with Crippen LogP contribution in [0.3, 0.4) is 0 Å². The van der Waals surface area contributed by atoms with Gasteiger partial charge in [-0.25, -0.2) is 12.8 Å². The number of halogens is 1. The number of sulfonamides is 1. The van der Waals surface area contributed by atoms with Crippen LogP contribution in [0.25, 0.3) is 0 Å². The van der Waals surface area contributed by atoms with E-state index in [0.717, 1.165) is 12.1 Å². The lowest BCUT2D eigenvalue weighted by atomic mass is 10.3. The Morgan fingerprint density at radius 1 is 1.32 bits per heavy atom. The smallest absolute Gasteiger partial charge is 0.265 e. The van der Waals surface area contributed by atoms with E-state index in [1.54, 1.807) is 13.8 Å². The van der Waals surface area contributed by atoms with E-state index in [-0.39, 0.29) is 16.3 Å². The number of nitrogen functional groups attached to an aromatic ring is 1. The van der Waals surface area contributed by atoms with Crippen molar-refractivity contribution >= 4 is 21.4 Å². The second kappa shape index (κ2) is 4.54. The van der Waals surface area contributed by atoms with Crippen molar-refractivity contribution < 1.29 is 12.8 Å². The highest BCUT2D eigenvalue weighted by Crippen LogP contribution is 2.22. The molecule has 0 aliphatic carbocycles. The predicted molar refractivity (Wildman–Crippen MR) is 69.7 cm³/mol. The van der Waals surface area contributed by atoms with E-state index in [1.165, 1.54) is 6.07 Å². The van der Waals surface area contributed by atoms with E-state index in [9.17, 15) is 12.8 Å². The molecule has 102 valence electrons. The zero-order valence-electron chi connectivity index (χ0n) is 10.4. The molecule has 8 heteroatoms. The Morgan fingerprint density at radius 3 is 2.53 bits per heavy atom. The molecule has 0 atom stereocenters. The first kappa shape index (κ1) is 13.3. The summed E-state index contributed by atoms with van der Waals surface area (Å²) in [7, 11) is -3.83. The number of anilines is 2. The second-order valence-corrected chi connectivity index (χ2v) is 5.76. The minimum absolute atomic E-state index is 0.0512. The minimum atomic E-state index is -3.83. The number of nitrogens with zero attached hydrogens (tertiary/aromatic N) is 1. The van der Waals surface area contributed by atoms with Gasteiger partial charge in [0.1, 0.15) is 10.7 Å². The van der Waals surface area contributed by atoms with Crippen LogP contribution in [0.1, 0.15) is 11.4 Å². The van der Waals surface area contributed by atoms with E-state index in [2.05, 4.69) is 14.9 Å². The quantitative estimate of drug-likeness (QED) is 0.744. The molecule has 0 amide bonds. The maximum Gasteiger partial charge on any atom is 0.265 e. The molecule has 1 heterocycles. The molecule has 0 aliphatic heterocycles. The van der Waals surface area contributed by atoms with Crippen molar-refractivity contribution in [3.63, 3.8) is 0 Å². The monoisotopic (exact) mass is 284 g/mol. The Balaban J connectivity index is 2.42. The summed E-state index contributed by atoms with van der Waals surface area (Å²) in [5.41, 5.74) is 6.42. The number of benzene rings is 1. The molecule has 0 radical (unpaired) electrons. The number of aromatic nitrogens is 2. The van der Waals surface area contributed by atoms with Crippen molar-refractivity contribution in [1.29, 1.82) is 0 Å². The second-order valence-electron chi connectivity index (χ2n) is 4.14. The molecular weight excluding hydrogens is 271 g/mol. The molecule has 0 unspecified atom stereocenters. The topological polar surface area (TPSA) is 101 Å². The van der Waals surface area contributed by atoms with Gasteiger partial charge in [-0.3, -0.25) is 9.82 Å². The number of hydrogen-bond acceptors (Lipinski definition) is 4. The zero-order valence-corrected chi connectivity index (χ0v) is 11.2. The number of nitrogens with one attached hydrogen (secondary N) is 2. The van der Waals surface area contributed by atoms with Crippen LogP contribution in [0, 0.1) is 19.7 Å². The number of aryl methyl sites for hydroxylation is 2. The fraction of sp³-hybridized carbons (Fsp3) is 0.182. The molecule has 0 saturated heterocycles. The normalized spacial score (nSPS) is 11.5. The Hall–Kier alpha value is -2.09. The number of hydrogen-bond donors (Lipinski definition) is 3. The lowest BCUT2D eigenvalue weighted by molar-refractivity contribution is 0.600. The fourth-order valence-electron chi connectivity index (χ4n) is 1.81. The molecule has 4 N–H and O–H groups in total. The summed E-state index contributed by atoms with van der Waals surface area (Å²) in [6.45, 7) is 3.16. The number of rotatable bonds is 3. The van der Waals surface area contributed by atoms with Crippen LogP contribution in [0.4, 0.5) is 15.8 Å². The molecule has 6 nitrogen and oxygen atoms in total. The first-order valence-electron chi connectivity index (χ1n) is 5.40. The Labute approximate surface area is 109 Å². The van der Waals surface area contributed by atoms with E-state index in [4.69, 9.17) is 5.73 Å². The maximum atomic E-state index is 13.2. The van der Waals surface area contributed by atoms with Crippen LogP contribution in [0.2, 0.25) is 0 Å². The van der Waals surface area contributed by atoms with Gasteiger partial charge in [0, 0.05) is 5.69 Å². The van der Waals surface area contributed by atoms with E-state index in [0.29, 0.717) is 11.4 Å². The van der Waals surface area contributed by atoms with Crippen LogP contribution < -0.4 is 10.5 Å². The minimum Gasteiger partial charge on any atom is -0.399 e. The van der Waals surface area contributed by atoms with Gasteiger partial charge in [-0.05, 0) is 32.0 Å². The van der Waals surface area contributed by atoms with E-state index in [1.807, 2.05) is 0 Å². The van der Waals surface area contributed by atoms with Crippen LogP contribution in [-0.4, -0.2) is 18.6 Å². The average Bonchev–Trinajstić information content (AvgIpc) is 2.56. The summed E-state index contributed by atoms with van der Waals surface area (Å²) in [5.74, 6) is -0.613. The van der Waals surface area contributed by atoms with Crippen molar-refractivity contribution in [2.24, 2.45) is 0 Å². The molecular formula is C11H13FN4O2S. The third-order valence-electron chi connectivity index (χ3n) is 2.50. The third-order valence-corrected chi connectivity index (χ3v) is 4.15. The van der Waals surface area contributed by atoms with Gasteiger partial charge in [-0.15, -0.1) is 0 Å². The molecule has 0 aliphatic rings. The largest absolute Gasteiger partial charge is 0.399 e. The predicted octanol–water partition coefficient (Wildman–Crippen LogP) is 1.55. The summed E-state index contributed by atoms with van der Waals surface area (Å²) in [4.78, 5) is 0.0512. The highest BCUT2D eigenvalue weighted by molar-refractivity contribution is 7.92. The Bertz CT molecular complexity index is 685. The zero-order chi connectivity index (χ0) is 14.2. The van der Waals surface area contributed by atoms with Gasteiger partial charge in [-0.2, -0.15) is 5.10 Å². The van der Waals surface area contributed by atoms with Gasteiger partial charge in [0.15, 0.2) is 0 Å². The van der Waals surface area contributed by atoms with Crippen molar-refractivity contribution in [2.45, 2.75) is 18.7 Å². The number of H-pyrrole nitrogens is 1. The molecule has 0 bridgehead atoms. The van der Waals surface area contributed by atoms with Crippen LogP contribution in [-0.2, 0) is 10.0 Å². The van der Waals surface area contributed by atoms with Gasteiger partial charge in [0.05, 0.1) is 17.1 Å². The maximum absolute atomic E-state index is 13.2. The number of nitrogens with two attached hydrogens (primary N) is 1. The van der Waals surface area contributed by atoms with E-state index < -0.39 is 15.8 Å². The molecule has 1 aromatic carbocycles. The lowest BCUT2D eigenvalue weighted by Crippen LogP contribution is -2.14. The highest BCUT2D eigenvalue weighted by Gasteiger charge is 2.22. The summed E-state index contributed by atoms with van der Waals surface area (Å²) >= 11 is 0. The molecule has 0 fully saturated rings. The summed E-state index contributed by atoms with van der Waals surface area (Å²) < 4.78 is 39.8. The number of aromatic amines is 1. The van der Waals surface area contributed by atoms with Crippen molar-refractivity contribution in [3.05, 3.63) is 35.4 Å². The summed E-state index contributed by atoms with van der Waals surface area (Å²) in [5, 5.41) is 6.40. The lowest BCUT2D eigenvalue weighted by Gasteiger charge is -2.09. The van der Waals surface area contributed by atoms with E-state index >= 15 is 0 Å². The first-order chi connectivity index (χ1) is 8.79. The first-order valence-corrected chi connectivity index (χ1v) is 6.88. The molecule has 0 spiro atoms. The van der Waals surface area contributed by atoms with Crippen molar-refractivity contribution in [3.8, 4) is 0 Å². The third kappa shape index (κ3) is 2.68. The van der Waals surface area contributed by atoms with Crippen molar-refractivity contribution in [2.75, 3.05) is 10.5 Å². The summed E-state index contributed by atoms with van der Waals surface area (Å²) in [6, 6.07) is 3.50. The van der Waals surface area contributed by atoms with Crippen LogP contribution in [0.15, 0.2) is 23.1 Å². The van der Waals surface area contributed by atoms with Crippen LogP contribution in [0.5, 0.6) is 0 Å². The molecule has 19 heavy (non-hydrogen) atoms. The van der Waals surface area contributed by atoms with Crippen molar-refractivity contribution in [1.82, 2.24) is 10.2 Å². The standard InChI is InChI=1S/C11H13FN4O2S/c1-6-11(7(2)15-14-6)19(17,18)16-10-4-8(12)3-9(13)5-10/h3-5,16H,13H2,1-2H3,(H,14,15). The highest BCUT2D eigenvalue weighted by atomic mass is 32.2. The van der Waals surface area contributed by atoms with Gasteiger partial charge in [-0.1, -0.05) is 0 Å². The van der Waals surface area contributed by atoms with Gasteiger partial charge in [0.2, 0.25) is 0 Å². The molecule has 0 saturated carbocycles. The molecule has 2 rings (SSSR count).